The Morgan fingerprint density at radius 1 is 1.14 bits per heavy atom. The molecule has 1 heterocycles. The molecule has 1 amide bonds. The fraction of sp³-hybridized carbons (Fsp3) is 0.458. The number of rotatable bonds is 6. The van der Waals surface area contributed by atoms with Crippen LogP contribution >= 0.6 is 0 Å². The van der Waals surface area contributed by atoms with Gasteiger partial charge in [0.1, 0.15) is 0 Å². The maximum atomic E-state index is 12.8. The molecule has 0 bridgehead atoms. The average molecular weight is 413 g/mol. The Morgan fingerprint density at radius 2 is 1.79 bits per heavy atom. The highest BCUT2D eigenvalue weighted by atomic mass is 32.2. The van der Waals surface area contributed by atoms with Crippen molar-refractivity contribution in [1.82, 2.24) is 10.2 Å². The molecular weight excluding hydrogens is 380 g/mol. The third-order valence-electron chi connectivity index (χ3n) is 5.64. The van der Waals surface area contributed by atoms with Crippen LogP contribution < -0.4 is 5.32 Å². The number of carbonyl (C=O) groups excluding carboxylic acids is 1. The first-order chi connectivity index (χ1) is 13.8. The van der Waals surface area contributed by atoms with Gasteiger partial charge in [-0.1, -0.05) is 58.0 Å². The maximum absolute atomic E-state index is 12.8. The molecule has 3 rings (SSSR count). The maximum Gasteiger partial charge on any atom is 0.251 e. The van der Waals surface area contributed by atoms with E-state index in [9.17, 15) is 9.00 Å². The molecule has 2 aromatic carbocycles. The molecule has 5 heteroatoms. The van der Waals surface area contributed by atoms with E-state index < -0.39 is 10.8 Å². The summed E-state index contributed by atoms with van der Waals surface area (Å²) in [6, 6.07) is 17.8. The van der Waals surface area contributed by atoms with Crippen LogP contribution in [0.3, 0.4) is 0 Å². The lowest BCUT2D eigenvalue weighted by Crippen LogP contribution is -2.55. The largest absolute Gasteiger partial charge is 0.349 e. The van der Waals surface area contributed by atoms with Gasteiger partial charge in [-0.2, -0.15) is 0 Å². The van der Waals surface area contributed by atoms with Crippen molar-refractivity contribution in [2.45, 2.75) is 56.8 Å². The third kappa shape index (κ3) is 5.55. The molecule has 0 aliphatic carbocycles. The van der Waals surface area contributed by atoms with Crippen molar-refractivity contribution < 1.29 is 9.00 Å². The smallest absolute Gasteiger partial charge is 0.251 e. The number of piperidine rings is 1. The molecule has 29 heavy (non-hydrogen) atoms. The molecule has 0 unspecified atom stereocenters. The summed E-state index contributed by atoms with van der Waals surface area (Å²) >= 11 is 0. The zero-order valence-corrected chi connectivity index (χ0v) is 18.7. The van der Waals surface area contributed by atoms with Crippen LogP contribution in [0.4, 0.5) is 0 Å². The minimum absolute atomic E-state index is 0.0121. The Morgan fingerprint density at radius 3 is 2.38 bits per heavy atom. The second-order valence-electron chi connectivity index (χ2n) is 8.87. The van der Waals surface area contributed by atoms with Crippen LogP contribution in [0, 0.1) is 5.41 Å². The fourth-order valence-corrected chi connectivity index (χ4v) is 4.91. The van der Waals surface area contributed by atoms with E-state index >= 15 is 0 Å². The van der Waals surface area contributed by atoms with Crippen LogP contribution in [0.25, 0.3) is 0 Å². The van der Waals surface area contributed by atoms with E-state index in [-0.39, 0.29) is 22.6 Å². The van der Waals surface area contributed by atoms with Crippen molar-refractivity contribution in [2.24, 2.45) is 5.41 Å². The van der Waals surface area contributed by atoms with Gasteiger partial charge in [0.25, 0.3) is 5.91 Å². The predicted molar refractivity (Wildman–Crippen MR) is 119 cm³/mol. The van der Waals surface area contributed by atoms with Crippen LogP contribution in [0.1, 0.15) is 50.0 Å². The number of amides is 1. The van der Waals surface area contributed by atoms with Gasteiger partial charge in [-0.05, 0) is 41.7 Å². The van der Waals surface area contributed by atoms with E-state index in [2.05, 4.69) is 48.3 Å². The Hall–Kier alpha value is -1.98. The van der Waals surface area contributed by atoms with Gasteiger partial charge in [0.2, 0.25) is 0 Å². The summed E-state index contributed by atoms with van der Waals surface area (Å²) in [4.78, 5) is 16.0. The molecule has 0 radical (unpaired) electrons. The van der Waals surface area contributed by atoms with Crippen LogP contribution in [0.2, 0.25) is 0 Å². The molecule has 4 nitrogen and oxygen atoms in total. The fourth-order valence-electron chi connectivity index (χ4n) is 3.97. The molecule has 2 atom stereocenters. The van der Waals surface area contributed by atoms with Gasteiger partial charge in [0.05, 0.1) is 10.8 Å². The third-order valence-corrected chi connectivity index (χ3v) is 7.23. The minimum atomic E-state index is -1.03. The summed E-state index contributed by atoms with van der Waals surface area (Å²) in [7, 11) is -1.03. The molecule has 0 aromatic heterocycles. The normalized spacial score (nSPS) is 20.4. The number of likely N-dealkylation sites (tertiary alicyclic amines) is 1. The van der Waals surface area contributed by atoms with Gasteiger partial charge >= 0.3 is 0 Å². The SMILES string of the molecule is CC(C)[S@](=O)c1ccc(C(=O)N[C@H]2CCN(Cc3ccccc3)CC2(C)C)cc1. The zero-order chi connectivity index (χ0) is 21.0. The molecule has 1 N–H and O–H groups in total. The van der Waals surface area contributed by atoms with Crippen molar-refractivity contribution >= 4 is 16.7 Å². The van der Waals surface area contributed by atoms with E-state index in [1.54, 1.807) is 24.3 Å². The van der Waals surface area contributed by atoms with Crippen molar-refractivity contribution in [3.8, 4) is 0 Å². The molecule has 0 spiro atoms. The van der Waals surface area contributed by atoms with E-state index in [0.29, 0.717) is 5.56 Å². The summed E-state index contributed by atoms with van der Waals surface area (Å²) in [6.07, 6.45) is 0.932. The first-order valence-corrected chi connectivity index (χ1v) is 11.6. The number of carbonyl (C=O) groups is 1. The number of benzene rings is 2. The first-order valence-electron chi connectivity index (χ1n) is 10.3. The standard InChI is InChI=1S/C24H32N2O2S/c1-18(2)29(28)21-12-10-20(11-13-21)23(27)25-22-14-15-26(17-24(22,3)4)16-19-8-6-5-7-9-19/h5-13,18,22H,14-17H2,1-4H3,(H,25,27)/t22-,29-/m0/s1. The highest BCUT2D eigenvalue weighted by Gasteiger charge is 2.36. The molecule has 0 saturated carbocycles. The van der Waals surface area contributed by atoms with Crippen LogP contribution in [0.5, 0.6) is 0 Å². The Kier molecular flexibility index (Phi) is 6.91. The predicted octanol–water partition coefficient (Wildman–Crippen LogP) is 4.23. The molecular formula is C24H32N2O2S. The van der Waals surface area contributed by atoms with E-state index in [1.807, 2.05) is 19.9 Å². The monoisotopic (exact) mass is 412 g/mol. The lowest BCUT2D eigenvalue weighted by molar-refractivity contribution is 0.0616. The quantitative estimate of drug-likeness (QED) is 0.772. The average Bonchev–Trinajstić information content (AvgIpc) is 2.70. The van der Waals surface area contributed by atoms with Crippen molar-refractivity contribution in [3.05, 3.63) is 65.7 Å². The second-order valence-corrected chi connectivity index (χ2v) is 10.9. The summed E-state index contributed by atoms with van der Waals surface area (Å²) in [6.45, 7) is 11.2. The molecule has 1 aliphatic rings. The van der Waals surface area contributed by atoms with Crippen molar-refractivity contribution in [2.75, 3.05) is 13.1 Å². The van der Waals surface area contributed by atoms with Crippen LogP contribution in [-0.4, -0.2) is 39.4 Å². The lowest BCUT2D eigenvalue weighted by atomic mass is 9.78. The Bertz CT molecular complexity index is 847. The topological polar surface area (TPSA) is 49.4 Å². The number of hydrogen-bond acceptors (Lipinski definition) is 3. The lowest BCUT2D eigenvalue weighted by Gasteiger charge is -2.44. The highest BCUT2D eigenvalue weighted by Crippen LogP contribution is 2.30. The Balaban J connectivity index is 1.60. The number of nitrogens with zero attached hydrogens (tertiary/aromatic N) is 1. The van der Waals surface area contributed by atoms with Gasteiger partial charge in [0, 0.05) is 41.4 Å². The number of hydrogen-bond donors (Lipinski definition) is 1. The van der Waals surface area contributed by atoms with E-state index in [1.165, 1.54) is 5.56 Å². The summed E-state index contributed by atoms with van der Waals surface area (Å²) in [5, 5.41) is 3.31. The van der Waals surface area contributed by atoms with Crippen molar-refractivity contribution in [1.29, 1.82) is 0 Å². The first kappa shape index (κ1) is 21.7. The van der Waals surface area contributed by atoms with Crippen molar-refractivity contribution in [3.63, 3.8) is 0 Å². The molecule has 1 saturated heterocycles. The van der Waals surface area contributed by atoms with Gasteiger partial charge in [0.15, 0.2) is 0 Å². The van der Waals surface area contributed by atoms with Gasteiger partial charge < -0.3 is 5.32 Å². The number of nitrogens with one attached hydrogen (secondary N) is 1. The summed E-state index contributed by atoms with van der Waals surface area (Å²) in [5.74, 6) is -0.0542. The second kappa shape index (κ2) is 9.23. The molecule has 2 aromatic rings. The zero-order valence-electron chi connectivity index (χ0n) is 17.9. The Labute approximate surface area is 177 Å². The molecule has 1 aliphatic heterocycles. The summed E-state index contributed by atoms with van der Waals surface area (Å²) < 4.78 is 12.2. The molecule has 1 fully saturated rings. The van der Waals surface area contributed by atoms with Gasteiger partial charge in [-0.15, -0.1) is 0 Å². The highest BCUT2D eigenvalue weighted by molar-refractivity contribution is 7.85. The van der Waals surface area contributed by atoms with Gasteiger partial charge in [-0.3, -0.25) is 13.9 Å². The minimum Gasteiger partial charge on any atom is -0.349 e. The molecule has 156 valence electrons. The van der Waals surface area contributed by atoms with Crippen LogP contribution in [0.15, 0.2) is 59.5 Å². The van der Waals surface area contributed by atoms with Crippen LogP contribution in [-0.2, 0) is 17.3 Å². The summed E-state index contributed by atoms with van der Waals surface area (Å²) in [5.41, 5.74) is 1.93. The van der Waals surface area contributed by atoms with Gasteiger partial charge in [-0.25, -0.2) is 0 Å². The van der Waals surface area contributed by atoms with E-state index in [4.69, 9.17) is 0 Å². The van der Waals surface area contributed by atoms with E-state index in [0.717, 1.165) is 31.0 Å².